The van der Waals surface area contributed by atoms with Gasteiger partial charge in [0.15, 0.2) is 0 Å². The normalized spacial score (nSPS) is 25.5. The van der Waals surface area contributed by atoms with Crippen molar-refractivity contribution >= 4 is 28.3 Å². The second-order valence-electron chi connectivity index (χ2n) is 3.41. The van der Waals surface area contributed by atoms with Crippen LogP contribution in [0.5, 0.6) is 0 Å². The van der Waals surface area contributed by atoms with Crippen molar-refractivity contribution < 1.29 is 13.2 Å². The van der Waals surface area contributed by atoms with Crippen LogP contribution in [-0.4, -0.2) is 22.3 Å². The molecule has 0 fully saturated rings. The monoisotopic (exact) mass is 328 g/mol. The van der Waals surface area contributed by atoms with Crippen LogP contribution in [0.25, 0.3) is 0 Å². The Labute approximate surface area is 98.6 Å². The Balaban J connectivity index is 2.52. The molecule has 1 aliphatic rings. The van der Waals surface area contributed by atoms with Crippen molar-refractivity contribution in [2.24, 2.45) is 0 Å². The van der Waals surface area contributed by atoms with Crippen LogP contribution < -0.4 is 4.90 Å². The highest BCUT2D eigenvalue weighted by molar-refractivity contribution is 14.1. The lowest BCUT2D eigenvalue weighted by atomic mass is 10.1. The number of aromatic nitrogens is 1. The van der Waals surface area contributed by atoms with Crippen molar-refractivity contribution in [2.75, 3.05) is 11.9 Å². The topological polar surface area (TPSA) is 16.1 Å². The van der Waals surface area contributed by atoms with Gasteiger partial charge in [0, 0.05) is 13.2 Å². The SMILES string of the molecule is CN1c2cccnc2C(C(F)(F)F)C1I. The van der Waals surface area contributed by atoms with Crippen LogP contribution in [0.3, 0.4) is 0 Å². The van der Waals surface area contributed by atoms with Gasteiger partial charge < -0.3 is 4.90 Å². The summed E-state index contributed by atoms with van der Waals surface area (Å²) in [5.41, 5.74) is 0.700. The first-order valence-electron chi connectivity index (χ1n) is 4.31. The molecule has 0 aliphatic carbocycles. The molecule has 2 unspecified atom stereocenters. The van der Waals surface area contributed by atoms with E-state index in [1.165, 1.54) is 6.20 Å². The fraction of sp³-hybridized carbons (Fsp3) is 0.444. The van der Waals surface area contributed by atoms with E-state index in [1.807, 2.05) is 0 Å². The number of anilines is 1. The lowest BCUT2D eigenvalue weighted by Crippen LogP contribution is -2.32. The number of alkyl halides is 4. The van der Waals surface area contributed by atoms with E-state index in [0.29, 0.717) is 5.69 Å². The first-order valence-corrected chi connectivity index (χ1v) is 5.56. The molecule has 6 heteroatoms. The van der Waals surface area contributed by atoms with Gasteiger partial charge in [-0.15, -0.1) is 0 Å². The van der Waals surface area contributed by atoms with Crippen LogP contribution in [0.4, 0.5) is 18.9 Å². The molecular formula is C9H8F3IN2. The maximum absolute atomic E-state index is 12.8. The first-order chi connectivity index (χ1) is 6.93. The molecule has 1 aliphatic heterocycles. The Hall–Kier alpha value is -0.530. The van der Waals surface area contributed by atoms with Crippen molar-refractivity contribution in [1.29, 1.82) is 0 Å². The van der Waals surface area contributed by atoms with Gasteiger partial charge in [0.25, 0.3) is 0 Å². The number of hydrogen-bond acceptors (Lipinski definition) is 2. The molecule has 0 N–H and O–H groups in total. The predicted molar refractivity (Wildman–Crippen MR) is 59.2 cm³/mol. The Morgan fingerprint density at radius 2 is 2.13 bits per heavy atom. The third-order valence-corrected chi connectivity index (χ3v) is 4.04. The van der Waals surface area contributed by atoms with Gasteiger partial charge in [0.05, 0.1) is 15.4 Å². The third kappa shape index (κ3) is 1.68. The second kappa shape index (κ2) is 3.50. The third-order valence-electron chi connectivity index (χ3n) is 2.49. The van der Waals surface area contributed by atoms with Crippen molar-refractivity contribution in [3.05, 3.63) is 24.0 Å². The van der Waals surface area contributed by atoms with E-state index in [4.69, 9.17) is 0 Å². The quantitative estimate of drug-likeness (QED) is 0.414. The fourth-order valence-corrected chi connectivity index (χ4v) is 2.79. The van der Waals surface area contributed by atoms with Gasteiger partial charge in [0.1, 0.15) is 5.92 Å². The van der Waals surface area contributed by atoms with Crippen LogP contribution in [0.1, 0.15) is 11.6 Å². The van der Waals surface area contributed by atoms with Crippen molar-refractivity contribution in [2.45, 2.75) is 16.1 Å². The summed E-state index contributed by atoms with van der Waals surface area (Å²) in [5.74, 6) is -1.49. The number of likely N-dealkylation sites (N-methyl/N-ethyl adjacent to an activating group) is 1. The smallest absolute Gasteiger partial charge is 0.360 e. The summed E-state index contributed by atoms with van der Waals surface area (Å²) in [6, 6.07) is 3.32. The molecule has 2 nitrogen and oxygen atoms in total. The van der Waals surface area contributed by atoms with Gasteiger partial charge in [-0.1, -0.05) is 22.6 Å². The van der Waals surface area contributed by atoms with E-state index < -0.39 is 16.1 Å². The fourth-order valence-electron chi connectivity index (χ4n) is 1.74. The molecule has 0 saturated carbocycles. The number of pyridine rings is 1. The second-order valence-corrected chi connectivity index (χ2v) is 4.69. The van der Waals surface area contributed by atoms with Gasteiger partial charge in [-0.05, 0) is 12.1 Å². The summed E-state index contributed by atoms with van der Waals surface area (Å²) in [5, 5.41) is 0. The van der Waals surface area contributed by atoms with Gasteiger partial charge in [-0.3, -0.25) is 4.98 Å². The Morgan fingerprint density at radius 1 is 1.47 bits per heavy atom. The maximum Gasteiger partial charge on any atom is 0.400 e. The van der Waals surface area contributed by atoms with Gasteiger partial charge in [0.2, 0.25) is 0 Å². The minimum absolute atomic E-state index is 0.131. The molecule has 0 saturated heterocycles. The van der Waals surface area contributed by atoms with E-state index in [2.05, 4.69) is 4.98 Å². The molecule has 2 atom stereocenters. The molecule has 2 heterocycles. The zero-order valence-electron chi connectivity index (χ0n) is 7.79. The number of nitrogens with zero attached hydrogens (tertiary/aromatic N) is 2. The van der Waals surface area contributed by atoms with Crippen LogP contribution in [0.2, 0.25) is 0 Å². The summed E-state index contributed by atoms with van der Waals surface area (Å²) in [4.78, 5) is 5.45. The molecule has 0 radical (unpaired) electrons. The van der Waals surface area contributed by atoms with Crippen LogP contribution in [0.15, 0.2) is 18.3 Å². The lowest BCUT2D eigenvalue weighted by Gasteiger charge is -2.22. The molecular weight excluding hydrogens is 320 g/mol. The molecule has 1 aromatic heterocycles. The molecule has 0 spiro atoms. The van der Waals surface area contributed by atoms with Gasteiger partial charge >= 0.3 is 6.18 Å². The Kier molecular flexibility index (Phi) is 2.56. The zero-order valence-corrected chi connectivity index (χ0v) is 9.95. The van der Waals surface area contributed by atoms with Crippen molar-refractivity contribution in [3.63, 3.8) is 0 Å². The average molecular weight is 328 g/mol. The molecule has 0 bridgehead atoms. The van der Waals surface area contributed by atoms with Crippen molar-refractivity contribution in [3.8, 4) is 0 Å². The largest absolute Gasteiger partial charge is 0.400 e. The van der Waals surface area contributed by atoms with Crippen LogP contribution in [0, 0.1) is 0 Å². The highest BCUT2D eigenvalue weighted by atomic mass is 127. The highest BCUT2D eigenvalue weighted by Gasteiger charge is 2.52. The van der Waals surface area contributed by atoms with E-state index in [1.54, 1.807) is 46.7 Å². The summed E-state index contributed by atoms with van der Waals surface area (Å²) in [6.45, 7) is 0. The molecule has 0 aromatic carbocycles. The average Bonchev–Trinajstić information content (AvgIpc) is 2.39. The number of fused-ring (bicyclic) bond motifs is 1. The summed E-state index contributed by atoms with van der Waals surface area (Å²) in [7, 11) is 1.66. The minimum atomic E-state index is -4.24. The number of halogens is 4. The summed E-state index contributed by atoms with van der Waals surface area (Å²) >= 11 is 1.81. The lowest BCUT2D eigenvalue weighted by molar-refractivity contribution is -0.148. The minimum Gasteiger partial charge on any atom is -0.360 e. The van der Waals surface area contributed by atoms with Crippen molar-refractivity contribution in [1.82, 2.24) is 4.98 Å². The van der Waals surface area contributed by atoms with Gasteiger partial charge in [-0.2, -0.15) is 13.2 Å². The molecule has 2 rings (SSSR count). The standard InChI is InChI=1S/C9H8F3IN2/c1-15-5-3-2-4-14-7(5)6(8(15)13)9(10,11)12/h2-4,6,8H,1H3. The maximum atomic E-state index is 12.8. The van der Waals surface area contributed by atoms with Gasteiger partial charge in [-0.25, -0.2) is 0 Å². The Morgan fingerprint density at radius 3 is 2.73 bits per heavy atom. The zero-order chi connectivity index (χ0) is 11.2. The molecule has 0 amide bonds. The molecule has 82 valence electrons. The van der Waals surface area contributed by atoms with Crippen LogP contribution >= 0.6 is 22.6 Å². The van der Waals surface area contributed by atoms with E-state index in [-0.39, 0.29) is 5.69 Å². The predicted octanol–water partition coefficient (Wildman–Crippen LogP) is 2.94. The van der Waals surface area contributed by atoms with Crippen LogP contribution in [-0.2, 0) is 0 Å². The van der Waals surface area contributed by atoms with E-state index in [9.17, 15) is 13.2 Å². The first kappa shape index (κ1) is 11.0. The Bertz CT molecular complexity index is 380. The van der Waals surface area contributed by atoms with E-state index >= 15 is 0 Å². The number of hydrogen-bond donors (Lipinski definition) is 0. The molecule has 15 heavy (non-hydrogen) atoms. The number of rotatable bonds is 0. The highest BCUT2D eigenvalue weighted by Crippen LogP contribution is 2.49. The van der Waals surface area contributed by atoms with E-state index in [0.717, 1.165) is 0 Å². The summed E-state index contributed by atoms with van der Waals surface area (Å²) < 4.78 is 37.8. The summed E-state index contributed by atoms with van der Waals surface area (Å²) in [6.07, 6.45) is -2.83. The molecule has 1 aromatic rings.